The molecule has 0 N–H and O–H groups in total. The van der Waals surface area contributed by atoms with Crippen LogP contribution in [0.1, 0.15) is 16.4 Å². The minimum absolute atomic E-state index is 0. The average molecular weight is 154 g/mol. The second-order valence-electron chi connectivity index (χ2n) is 1.00. The molecule has 0 heterocycles. The van der Waals surface area contributed by atoms with Gasteiger partial charge in [-0.3, -0.25) is 6.08 Å². The first-order valence-electron chi connectivity index (χ1n) is 1.72. The number of allylic oxidation sites excluding steroid dienone is 4. The smallest absolute Gasteiger partial charge is 1.00 e. The Morgan fingerprint density at radius 1 is 1.50 bits per heavy atom. The van der Waals surface area contributed by atoms with Crippen LogP contribution in [0.25, 0.3) is 0 Å². The summed E-state index contributed by atoms with van der Waals surface area (Å²) in [6.07, 6.45) is 10.0. The molecule has 40 valence electrons. The molecule has 0 bridgehead atoms. The Morgan fingerprint density at radius 3 is 2.25 bits per heavy atom. The van der Waals surface area contributed by atoms with Gasteiger partial charge in [0.05, 0.1) is 0 Å². The Morgan fingerprint density at radius 2 is 2.12 bits per heavy atom. The molecule has 3 heteroatoms. The van der Waals surface area contributed by atoms with Crippen molar-refractivity contribution >= 4 is 17.4 Å². The van der Waals surface area contributed by atoms with Gasteiger partial charge in [0.15, 0.2) is 0 Å². The van der Waals surface area contributed by atoms with Crippen molar-refractivity contribution in [2.45, 2.75) is 6.42 Å². The van der Waals surface area contributed by atoms with E-state index in [0.717, 1.165) is 6.42 Å². The van der Waals surface area contributed by atoms with E-state index in [-0.39, 0.29) is 67.9 Å². The number of rotatable bonds is 0. The average Bonchev–Trinajstić information content (AvgIpc) is 1.76. The van der Waals surface area contributed by atoms with E-state index in [1.807, 2.05) is 12.2 Å². The van der Waals surface area contributed by atoms with Crippen molar-refractivity contribution in [2.75, 3.05) is 0 Å². The zero-order valence-electron chi connectivity index (χ0n) is 12.0. The summed E-state index contributed by atoms with van der Waals surface area (Å²) in [7, 11) is 0. The third-order valence-electron chi connectivity index (χ3n) is 0.586. The summed E-state index contributed by atoms with van der Waals surface area (Å²) in [6, 6.07) is 0. The van der Waals surface area contributed by atoms with Crippen molar-refractivity contribution in [1.29, 1.82) is 0 Å². The summed E-state index contributed by atoms with van der Waals surface area (Å²) in [5.41, 5.74) is 0. The van der Waals surface area contributed by atoms with E-state index < -0.39 is 0 Å². The van der Waals surface area contributed by atoms with E-state index in [0.29, 0.717) is 0 Å². The molecule has 0 spiro atoms. The zero-order chi connectivity index (χ0) is 3.54. The fourth-order valence-electron chi connectivity index (χ4n) is 0.340. The normalized spacial score (nSPS) is 11.0. The van der Waals surface area contributed by atoms with Crippen LogP contribution in [0.3, 0.4) is 0 Å². The topological polar surface area (TPSA) is 0 Å². The Hall–Kier alpha value is 1.32. The molecule has 0 fully saturated rings. The summed E-state index contributed by atoms with van der Waals surface area (Å²) in [4.78, 5) is 0. The standard InChI is InChI=1S/C5H5.Al.Li.Ti.7H/c1-2-4-5-3-1;;;;;;;;;;/h1-3H,4H2;;;;;;;;;;/q-1;+3;+1;+4;7*-1. The fourth-order valence-corrected chi connectivity index (χ4v) is 0.340. The zero-order valence-corrected chi connectivity index (χ0v) is 7.73. The molecule has 0 amide bonds. The fraction of sp³-hybridized carbons (Fsp3) is 0.200. The van der Waals surface area contributed by atoms with Crippen LogP contribution in [0, 0.1) is 6.08 Å². The Balaban J connectivity index is -0.00000000312. The van der Waals surface area contributed by atoms with Gasteiger partial charge in [-0.2, -0.15) is 6.08 Å². The maximum absolute atomic E-state index is 2.99. The van der Waals surface area contributed by atoms with Gasteiger partial charge in [-0.05, 0) is 0 Å². The van der Waals surface area contributed by atoms with Crippen LogP contribution < -0.4 is 18.9 Å². The van der Waals surface area contributed by atoms with E-state index in [1.54, 1.807) is 0 Å². The second kappa shape index (κ2) is 11.2. The van der Waals surface area contributed by atoms with Crippen molar-refractivity contribution in [3.63, 3.8) is 0 Å². The van der Waals surface area contributed by atoms with Gasteiger partial charge in [0.2, 0.25) is 0 Å². The molecule has 0 aromatic carbocycles. The van der Waals surface area contributed by atoms with E-state index in [4.69, 9.17) is 0 Å². The Labute approximate surface area is 98.4 Å². The molecule has 0 aromatic heterocycles. The third-order valence-corrected chi connectivity index (χ3v) is 0.586. The molecular weight excluding hydrogens is 142 g/mol. The first-order chi connectivity index (χ1) is 2.50. The Bertz CT molecular complexity index is 85.4. The predicted molar refractivity (Wildman–Crippen MR) is 35.1 cm³/mol. The summed E-state index contributed by atoms with van der Waals surface area (Å²) < 4.78 is 0. The third kappa shape index (κ3) is 7.32. The van der Waals surface area contributed by atoms with Crippen molar-refractivity contribution in [1.82, 2.24) is 0 Å². The van der Waals surface area contributed by atoms with Crippen LogP contribution in [0.4, 0.5) is 0 Å². The summed E-state index contributed by atoms with van der Waals surface area (Å²) in [6.45, 7) is 0. The molecule has 0 atom stereocenters. The van der Waals surface area contributed by atoms with Gasteiger partial charge < -0.3 is 9.99 Å². The van der Waals surface area contributed by atoms with Gasteiger partial charge in [-0.15, -0.1) is 6.42 Å². The predicted octanol–water partition coefficient (Wildman–Crippen LogP) is -1.29. The van der Waals surface area contributed by atoms with Gasteiger partial charge in [-0.1, -0.05) is 0 Å². The SMILES string of the molecule is [Al+3].[C-]1=CC=CC1.[H-].[H-].[H-].[H-].[H-].[H-].[H-].[Li+].[Ti+4]. The molecule has 0 unspecified atom stereocenters. The molecule has 0 radical (unpaired) electrons. The van der Waals surface area contributed by atoms with Gasteiger partial charge in [0.1, 0.15) is 0 Å². The molecule has 0 saturated carbocycles. The monoisotopic (exact) mass is 154 g/mol. The summed E-state index contributed by atoms with van der Waals surface area (Å²) in [5.74, 6) is 0. The van der Waals surface area contributed by atoms with Crippen LogP contribution in [0.15, 0.2) is 18.2 Å². The van der Waals surface area contributed by atoms with Crippen LogP contribution in [-0.2, 0) is 21.7 Å². The van der Waals surface area contributed by atoms with Crippen molar-refractivity contribution in [3.05, 3.63) is 24.3 Å². The van der Waals surface area contributed by atoms with E-state index >= 15 is 0 Å². The van der Waals surface area contributed by atoms with E-state index in [2.05, 4.69) is 12.2 Å². The second-order valence-corrected chi connectivity index (χ2v) is 1.00. The Kier molecular flexibility index (Phi) is 22.5. The maximum Gasteiger partial charge on any atom is 4.00 e. The summed E-state index contributed by atoms with van der Waals surface area (Å²) in [5, 5.41) is 0. The number of hydrogen-bond acceptors (Lipinski definition) is 0. The van der Waals surface area contributed by atoms with Crippen LogP contribution >= 0.6 is 0 Å². The molecule has 1 aliphatic carbocycles. The molecule has 8 heavy (non-hydrogen) atoms. The molecule has 0 aromatic rings. The minimum atomic E-state index is 0. The van der Waals surface area contributed by atoms with Crippen LogP contribution in [-0.4, -0.2) is 17.4 Å². The molecular formula is C5H12AlLiTi. The molecule has 0 aliphatic heterocycles. The molecule has 1 rings (SSSR count). The quantitative estimate of drug-likeness (QED) is 0.301. The van der Waals surface area contributed by atoms with Crippen LogP contribution in [0.2, 0.25) is 0 Å². The van der Waals surface area contributed by atoms with Crippen molar-refractivity contribution < 1.29 is 50.6 Å². The summed E-state index contributed by atoms with van der Waals surface area (Å²) >= 11 is 0. The number of hydrogen-bond donors (Lipinski definition) is 0. The largest absolute Gasteiger partial charge is 4.00 e. The molecule has 0 nitrogen and oxygen atoms in total. The van der Waals surface area contributed by atoms with Gasteiger partial charge in [-0.25, -0.2) is 12.2 Å². The first-order valence-corrected chi connectivity index (χ1v) is 1.72. The van der Waals surface area contributed by atoms with Crippen molar-refractivity contribution in [2.24, 2.45) is 0 Å². The maximum atomic E-state index is 2.99. The molecule has 0 saturated heterocycles. The van der Waals surface area contributed by atoms with Crippen LogP contribution in [0.5, 0.6) is 0 Å². The first kappa shape index (κ1) is 16.2. The van der Waals surface area contributed by atoms with Gasteiger partial charge in [0, 0.05) is 0 Å². The van der Waals surface area contributed by atoms with E-state index in [1.165, 1.54) is 0 Å². The molecule has 1 aliphatic rings. The van der Waals surface area contributed by atoms with Gasteiger partial charge in [0.25, 0.3) is 0 Å². The minimum Gasteiger partial charge on any atom is -1.00 e. The van der Waals surface area contributed by atoms with Crippen molar-refractivity contribution in [3.8, 4) is 0 Å². The van der Waals surface area contributed by atoms with E-state index in [9.17, 15) is 0 Å². The van der Waals surface area contributed by atoms with Gasteiger partial charge >= 0.3 is 57.9 Å².